The zero-order valence-corrected chi connectivity index (χ0v) is 12.0. The fourth-order valence-electron chi connectivity index (χ4n) is 1.74. The molecule has 2 rings (SSSR count). The maximum atomic E-state index is 7.80. The predicted octanol–water partition coefficient (Wildman–Crippen LogP) is 2.55. The first kappa shape index (κ1) is 13.9. The summed E-state index contributed by atoms with van der Waals surface area (Å²) in [5.74, 6) is 0.354. The molecule has 0 saturated heterocycles. The van der Waals surface area contributed by atoms with Crippen molar-refractivity contribution < 1.29 is 0 Å². The Morgan fingerprint density at radius 3 is 2.50 bits per heavy atom. The molecule has 0 amide bonds. The lowest BCUT2D eigenvalue weighted by Crippen LogP contribution is -2.09. The molecule has 0 radical (unpaired) electrons. The quantitative estimate of drug-likeness (QED) is 0.662. The van der Waals surface area contributed by atoms with Crippen LogP contribution in [0.2, 0.25) is 0 Å². The molecule has 2 N–H and O–H groups in total. The smallest absolute Gasteiger partial charge is 0.123 e. The third-order valence-electron chi connectivity index (χ3n) is 2.74. The molecular formula is C15H19N5. The van der Waals surface area contributed by atoms with Crippen molar-refractivity contribution in [1.82, 2.24) is 14.7 Å². The molecule has 0 saturated carbocycles. The first-order valence-corrected chi connectivity index (χ1v) is 6.34. The second kappa shape index (κ2) is 6.06. The van der Waals surface area contributed by atoms with Gasteiger partial charge in [-0.1, -0.05) is 12.1 Å². The van der Waals surface area contributed by atoms with Gasteiger partial charge in [0.2, 0.25) is 0 Å². The maximum absolute atomic E-state index is 7.80. The van der Waals surface area contributed by atoms with E-state index in [4.69, 9.17) is 5.41 Å². The Kier molecular flexibility index (Phi) is 4.20. The van der Waals surface area contributed by atoms with Crippen LogP contribution < -0.4 is 5.32 Å². The van der Waals surface area contributed by atoms with Crippen molar-refractivity contribution >= 4 is 11.5 Å². The van der Waals surface area contributed by atoms with Gasteiger partial charge in [-0.25, -0.2) is 0 Å². The number of hydrogen-bond acceptors (Lipinski definition) is 3. The van der Waals surface area contributed by atoms with Crippen LogP contribution in [0, 0.1) is 5.41 Å². The summed E-state index contributed by atoms with van der Waals surface area (Å²) in [7, 11) is 5.75. The van der Waals surface area contributed by atoms with Gasteiger partial charge >= 0.3 is 0 Å². The number of nitrogens with zero attached hydrogens (tertiary/aromatic N) is 3. The molecule has 1 aromatic carbocycles. The molecule has 0 fully saturated rings. The lowest BCUT2D eigenvalue weighted by molar-refractivity contribution is 0.564. The highest BCUT2D eigenvalue weighted by Crippen LogP contribution is 2.20. The molecule has 5 heteroatoms. The molecule has 0 aliphatic carbocycles. The largest absolute Gasteiger partial charge is 0.383 e. The van der Waals surface area contributed by atoms with Crippen molar-refractivity contribution in [3.63, 3.8) is 0 Å². The molecule has 0 atom stereocenters. The summed E-state index contributed by atoms with van der Waals surface area (Å²) in [6.45, 7) is 0. The van der Waals surface area contributed by atoms with Gasteiger partial charge in [-0.3, -0.25) is 10.1 Å². The fraction of sp³-hybridized carbons (Fsp3) is 0.200. The molecule has 0 aliphatic heterocycles. The third kappa shape index (κ3) is 3.71. The molecule has 0 bridgehead atoms. The molecule has 2 aromatic rings. The van der Waals surface area contributed by atoms with Gasteiger partial charge in [0.1, 0.15) is 5.84 Å². The fourth-order valence-corrected chi connectivity index (χ4v) is 1.74. The Labute approximate surface area is 119 Å². The number of rotatable bonds is 4. The van der Waals surface area contributed by atoms with E-state index in [1.54, 1.807) is 10.8 Å². The van der Waals surface area contributed by atoms with Crippen molar-refractivity contribution in [2.45, 2.75) is 0 Å². The standard InChI is InChI=1S/C15H19N5/c1-19(2)9-8-15(16)18-14-6-4-12(5-7-14)13-10-17-20(3)11-13/h4-11H,1-3H3,(H2,16,18)/b9-8-. The molecular weight excluding hydrogens is 250 g/mol. The molecule has 1 heterocycles. The second-order valence-electron chi connectivity index (χ2n) is 4.80. The first-order valence-electron chi connectivity index (χ1n) is 6.34. The van der Waals surface area contributed by atoms with Crippen LogP contribution in [-0.2, 0) is 7.05 Å². The molecule has 0 aliphatic rings. The van der Waals surface area contributed by atoms with Crippen LogP contribution in [0.15, 0.2) is 48.9 Å². The number of aryl methyl sites for hydroxylation is 1. The summed E-state index contributed by atoms with van der Waals surface area (Å²) in [6, 6.07) is 7.95. The van der Waals surface area contributed by atoms with Gasteiger partial charge in [0.15, 0.2) is 0 Å². The molecule has 104 valence electrons. The Morgan fingerprint density at radius 1 is 1.25 bits per heavy atom. The molecule has 0 unspecified atom stereocenters. The van der Waals surface area contributed by atoms with Gasteiger partial charge in [0.25, 0.3) is 0 Å². The van der Waals surface area contributed by atoms with Crippen LogP contribution in [0.3, 0.4) is 0 Å². The summed E-state index contributed by atoms with van der Waals surface area (Å²) in [5.41, 5.74) is 3.09. The van der Waals surface area contributed by atoms with Crippen molar-refractivity contribution in [1.29, 1.82) is 5.41 Å². The van der Waals surface area contributed by atoms with Crippen molar-refractivity contribution in [2.24, 2.45) is 7.05 Å². The minimum absolute atomic E-state index is 0.354. The molecule has 20 heavy (non-hydrogen) atoms. The van der Waals surface area contributed by atoms with Crippen molar-refractivity contribution in [3.8, 4) is 11.1 Å². The van der Waals surface area contributed by atoms with E-state index in [2.05, 4.69) is 10.4 Å². The van der Waals surface area contributed by atoms with E-state index in [1.165, 1.54) is 0 Å². The van der Waals surface area contributed by atoms with Crippen molar-refractivity contribution in [2.75, 3.05) is 19.4 Å². The summed E-state index contributed by atoms with van der Waals surface area (Å²) in [5, 5.41) is 15.0. The van der Waals surface area contributed by atoms with Gasteiger partial charge in [0, 0.05) is 44.8 Å². The monoisotopic (exact) mass is 269 g/mol. The Bertz CT molecular complexity index is 607. The Hall–Kier alpha value is -2.56. The van der Waals surface area contributed by atoms with Crippen LogP contribution in [0.4, 0.5) is 5.69 Å². The SMILES string of the molecule is CN(C)/C=C\C(=N)Nc1ccc(-c2cnn(C)c2)cc1. The summed E-state index contributed by atoms with van der Waals surface area (Å²) < 4.78 is 1.78. The number of nitrogens with one attached hydrogen (secondary N) is 2. The summed E-state index contributed by atoms with van der Waals surface area (Å²) in [4.78, 5) is 1.89. The topological polar surface area (TPSA) is 56.9 Å². The predicted molar refractivity (Wildman–Crippen MR) is 82.8 cm³/mol. The Morgan fingerprint density at radius 2 is 1.95 bits per heavy atom. The maximum Gasteiger partial charge on any atom is 0.123 e. The highest BCUT2D eigenvalue weighted by Gasteiger charge is 2.00. The lowest BCUT2D eigenvalue weighted by Gasteiger charge is -2.07. The molecule has 1 aromatic heterocycles. The van der Waals surface area contributed by atoms with Gasteiger partial charge in [-0.05, 0) is 23.8 Å². The average molecular weight is 269 g/mol. The first-order chi connectivity index (χ1) is 9.54. The highest BCUT2D eigenvalue weighted by atomic mass is 15.2. The van der Waals surface area contributed by atoms with Crippen LogP contribution >= 0.6 is 0 Å². The number of aromatic nitrogens is 2. The van der Waals surface area contributed by atoms with E-state index < -0.39 is 0 Å². The van der Waals surface area contributed by atoms with E-state index in [0.717, 1.165) is 16.8 Å². The number of hydrogen-bond donors (Lipinski definition) is 2. The minimum Gasteiger partial charge on any atom is -0.383 e. The zero-order chi connectivity index (χ0) is 14.5. The Balaban J connectivity index is 2.03. The van der Waals surface area contributed by atoms with Gasteiger partial charge in [-0.15, -0.1) is 0 Å². The van der Waals surface area contributed by atoms with E-state index in [9.17, 15) is 0 Å². The van der Waals surface area contributed by atoms with E-state index >= 15 is 0 Å². The molecule has 5 nitrogen and oxygen atoms in total. The van der Waals surface area contributed by atoms with Gasteiger partial charge in [-0.2, -0.15) is 5.10 Å². The summed E-state index contributed by atoms with van der Waals surface area (Å²) >= 11 is 0. The summed E-state index contributed by atoms with van der Waals surface area (Å²) in [6.07, 6.45) is 7.36. The highest BCUT2D eigenvalue weighted by molar-refractivity contribution is 6.01. The van der Waals surface area contributed by atoms with E-state index in [-0.39, 0.29) is 0 Å². The third-order valence-corrected chi connectivity index (χ3v) is 2.74. The molecule has 0 spiro atoms. The number of amidine groups is 1. The number of anilines is 1. The van der Waals surface area contributed by atoms with Crippen LogP contribution in [0.5, 0.6) is 0 Å². The van der Waals surface area contributed by atoms with Gasteiger partial charge < -0.3 is 10.2 Å². The average Bonchev–Trinajstić information content (AvgIpc) is 2.84. The van der Waals surface area contributed by atoms with Crippen LogP contribution in [0.1, 0.15) is 0 Å². The number of benzene rings is 1. The minimum atomic E-state index is 0.354. The normalized spacial score (nSPS) is 10.8. The van der Waals surface area contributed by atoms with Crippen molar-refractivity contribution in [3.05, 3.63) is 48.9 Å². The van der Waals surface area contributed by atoms with E-state index in [0.29, 0.717) is 5.84 Å². The van der Waals surface area contributed by atoms with E-state index in [1.807, 2.05) is 68.9 Å². The zero-order valence-electron chi connectivity index (χ0n) is 12.0. The lowest BCUT2D eigenvalue weighted by atomic mass is 10.1. The second-order valence-corrected chi connectivity index (χ2v) is 4.80. The van der Waals surface area contributed by atoms with Crippen LogP contribution in [-0.4, -0.2) is 34.6 Å². The van der Waals surface area contributed by atoms with Crippen LogP contribution in [0.25, 0.3) is 11.1 Å². The van der Waals surface area contributed by atoms with Gasteiger partial charge in [0.05, 0.1) is 6.20 Å².